The fraction of sp³-hybridized carbons (Fsp3) is 0.148. The summed E-state index contributed by atoms with van der Waals surface area (Å²) in [5, 5.41) is 11.5. The molecule has 8 heteroatoms. The molecule has 0 bridgehead atoms. The molecule has 1 amide bonds. The van der Waals surface area contributed by atoms with Gasteiger partial charge in [-0.05, 0) is 41.8 Å². The first kappa shape index (κ1) is 22.7. The Balaban J connectivity index is 1.41. The summed E-state index contributed by atoms with van der Waals surface area (Å²) in [4.78, 5) is 17.2. The molecule has 0 spiro atoms. The molecule has 1 aliphatic rings. The van der Waals surface area contributed by atoms with Gasteiger partial charge in [-0.2, -0.15) is 4.98 Å². The van der Waals surface area contributed by atoms with E-state index in [1.54, 1.807) is 13.2 Å². The smallest absolute Gasteiger partial charge is 0.250 e. The van der Waals surface area contributed by atoms with Crippen LogP contribution in [0.3, 0.4) is 0 Å². The van der Waals surface area contributed by atoms with Crippen LogP contribution in [0, 0.1) is 0 Å². The highest BCUT2D eigenvalue weighted by atomic mass is 35.5. The minimum Gasteiger partial charge on any atom is -0.496 e. The van der Waals surface area contributed by atoms with Crippen LogP contribution in [0.25, 0.3) is 6.08 Å². The summed E-state index contributed by atoms with van der Waals surface area (Å²) in [6.07, 6.45) is 3.90. The first-order valence-electron chi connectivity index (χ1n) is 11.3. The van der Waals surface area contributed by atoms with Gasteiger partial charge in [-0.1, -0.05) is 72.3 Å². The van der Waals surface area contributed by atoms with E-state index in [2.05, 4.69) is 32.8 Å². The first-order valence-corrected chi connectivity index (χ1v) is 11.6. The van der Waals surface area contributed by atoms with Crippen LogP contribution in [0.5, 0.6) is 5.75 Å². The maximum Gasteiger partial charge on any atom is 0.250 e. The number of para-hydroxylation sites is 1. The van der Waals surface area contributed by atoms with E-state index in [0.717, 1.165) is 23.1 Å². The van der Waals surface area contributed by atoms with Crippen LogP contribution in [0.15, 0.2) is 84.9 Å². The van der Waals surface area contributed by atoms with Crippen molar-refractivity contribution < 1.29 is 9.53 Å². The van der Waals surface area contributed by atoms with Crippen molar-refractivity contribution in [2.45, 2.75) is 18.5 Å². The molecular weight excluding hydrogens is 462 g/mol. The third-order valence-electron chi connectivity index (χ3n) is 5.93. The molecule has 7 nitrogen and oxygen atoms in total. The van der Waals surface area contributed by atoms with E-state index in [9.17, 15) is 4.79 Å². The lowest BCUT2D eigenvalue weighted by atomic mass is 9.93. The van der Waals surface area contributed by atoms with Crippen molar-refractivity contribution in [3.8, 4) is 5.75 Å². The molecule has 5 rings (SSSR count). The molecule has 4 aromatic rings. The first-order chi connectivity index (χ1) is 17.1. The van der Waals surface area contributed by atoms with Crippen molar-refractivity contribution in [2.75, 3.05) is 17.7 Å². The molecule has 0 saturated carbocycles. The number of hydrogen-bond donors (Lipinski definition) is 2. The van der Waals surface area contributed by atoms with Crippen molar-refractivity contribution in [1.82, 2.24) is 14.8 Å². The van der Waals surface area contributed by atoms with E-state index in [1.165, 1.54) is 6.08 Å². The predicted octanol–water partition coefficient (Wildman–Crippen LogP) is 5.74. The van der Waals surface area contributed by atoms with Crippen LogP contribution in [-0.4, -0.2) is 27.8 Å². The predicted molar refractivity (Wildman–Crippen MR) is 138 cm³/mol. The average Bonchev–Trinajstić information content (AvgIpc) is 3.30. The SMILES string of the molecule is COc1ccccc1/C=C/C(=O)Nc1nc2n(n1)[C@@H](c1ccc(Cl)cc1)C[C@H](c1ccccc1)N2. The van der Waals surface area contributed by atoms with Crippen LogP contribution in [0.2, 0.25) is 5.02 Å². The Bertz CT molecular complexity index is 1350. The second-order valence-corrected chi connectivity index (χ2v) is 8.62. The van der Waals surface area contributed by atoms with Gasteiger partial charge in [0.2, 0.25) is 5.95 Å². The van der Waals surface area contributed by atoms with Gasteiger partial charge in [-0.3, -0.25) is 10.1 Å². The summed E-state index contributed by atoms with van der Waals surface area (Å²) in [6.45, 7) is 0. The Hall–Kier alpha value is -4.10. The Kier molecular flexibility index (Phi) is 6.50. The zero-order valence-corrected chi connectivity index (χ0v) is 19.8. The Morgan fingerprint density at radius 3 is 2.57 bits per heavy atom. The fourth-order valence-electron chi connectivity index (χ4n) is 4.22. The molecule has 0 unspecified atom stereocenters. The van der Waals surface area contributed by atoms with Gasteiger partial charge in [0.25, 0.3) is 11.9 Å². The maximum atomic E-state index is 12.6. The molecular formula is C27H24ClN5O2. The van der Waals surface area contributed by atoms with Crippen molar-refractivity contribution in [3.63, 3.8) is 0 Å². The molecule has 0 fully saturated rings. The number of anilines is 2. The normalized spacial score (nSPS) is 17.0. The number of nitrogens with zero attached hydrogens (tertiary/aromatic N) is 3. The zero-order chi connectivity index (χ0) is 24.2. The molecule has 35 heavy (non-hydrogen) atoms. The number of hydrogen-bond acceptors (Lipinski definition) is 5. The number of halogens is 1. The Morgan fingerprint density at radius 1 is 1.06 bits per heavy atom. The monoisotopic (exact) mass is 485 g/mol. The minimum atomic E-state index is -0.332. The topological polar surface area (TPSA) is 81.1 Å². The molecule has 0 saturated heterocycles. The number of ether oxygens (including phenoxy) is 1. The molecule has 1 aromatic heterocycles. The molecule has 2 atom stereocenters. The van der Waals surface area contributed by atoms with E-state index in [1.807, 2.05) is 71.4 Å². The number of rotatable bonds is 6. The third kappa shape index (κ3) is 5.05. The van der Waals surface area contributed by atoms with E-state index < -0.39 is 0 Å². The number of fused-ring (bicyclic) bond motifs is 1. The molecule has 3 aromatic carbocycles. The summed E-state index contributed by atoms with van der Waals surface area (Å²) in [5.41, 5.74) is 3.03. The average molecular weight is 486 g/mol. The van der Waals surface area contributed by atoms with Gasteiger partial charge in [0, 0.05) is 16.7 Å². The van der Waals surface area contributed by atoms with Gasteiger partial charge in [0.15, 0.2) is 0 Å². The number of aromatic nitrogens is 3. The summed E-state index contributed by atoms with van der Waals surface area (Å²) in [7, 11) is 1.60. The van der Waals surface area contributed by atoms with Crippen LogP contribution in [0.4, 0.5) is 11.9 Å². The van der Waals surface area contributed by atoms with Gasteiger partial charge < -0.3 is 10.1 Å². The standard InChI is InChI=1S/C27H24ClN5O2/c1-35-24-10-6-5-9-20(24)13-16-25(34)30-26-31-27-29-22(18-7-3-2-4-8-18)17-23(33(27)32-26)19-11-14-21(28)15-12-19/h2-16,22-23H,17H2,1H3,(H2,29,30,31,32,34)/b16-13+/t22-,23-/m1/s1. The van der Waals surface area contributed by atoms with Crippen molar-refractivity contribution in [3.05, 3.63) is 107 Å². The van der Waals surface area contributed by atoms with Gasteiger partial charge in [-0.25, -0.2) is 4.68 Å². The minimum absolute atomic E-state index is 0.0440. The number of nitrogens with one attached hydrogen (secondary N) is 2. The highest BCUT2D eigenvalue weighted by Gasteiger charge is 2.31. The summed E-state index contributed by atoms with van der Waals surface area (Å²) >= 11 is 6.12. The van der Waals surface area contributed by atoms with Crippen LogP contribution in [-0.2, 0) is 4.79 Å². The molecule has 2 heterocycles. The number of amides is 1. The highest BCUT2D eigenvalue weighted by Crippen LogP contribution is 2.38. The van der Waals surface area contributed by atoms with E-state index in [4.69, 9.17) is 16.3 Å². The lowest BCUT2D eigenvalue weighted by molar-refractivity contribution is -0.111. The van der Waals surface area contributed by atoms with E-state index in [-0.39, 0.29) is 23.9 Å². The van der Waals surface area contributed by atoms with Crippen molar-refractivity contribution in [1.29, 1.82) is 0 Å². The van der Waals surface area contributed by atoms with Gasteiger partial charge in [0.1, 0.15) is 5.75 Å². The second-order valence-electron chi connectivity index (χ2n) is 8.18. The lowest BCUT2D eigenvalue weighted by Gasteiger charge is -2.31. The van der Waals surface area contributed by atoms with Gasteiger partial charge >= 0.3 is 0 Å². The van der Waals surface area contributed by atoms with Crippen LogP contribution >= 0.6 is 11.6 Å². The van der Waals surface area contributed by atoms with E-state index in [0.29, 0.717) is 16.7 Å². The van der Waals surface area contributed by atoms with Crippen molar-refractivity contribution >= 4 is 35.5 Å². The molecule has 0 aliphatic carbocycles. The summed E-state index contributed by atoms with van der Waals surface area (Å²) in [6, 6.07) is 25.4. The summed E-state index contributed by atoms with van der Waals surface area (Å²) in [5.74, 6) is 1.18. The third-order valence-corrected chi connectivity index (χ3v) is 6.19. The zero-order valence-electron chi connectivity index (χ0n) is 19.1. The Morgan fingerprint density at radius 2 is 1.80 bits per heavy atom. The quantitative estimate of drug-likeness (QED) is 0.340. The number of benzene rings is 3. The molecule has 0 radical (unpaired) electrons. The number of carbonyl (C=O) groups excluding carboxylic acids is 1. The molecule has 1 aliphatic heterocycles. The Labute approximate surface area is 208 Å². The van der Waals surface area contributed by atoms with Crippen molar-refractivity contribution in [2.24, 2.45) is 0 Å². The second kappa shape index (κ2) is 10.0. The molecule has 2 N–H and O–H groups in total. The number of carbonyl (C=O) groups is 1. The van der Waals surface area contributed by atoms with Crippen LogP contribution in [0.1, 0.15) is 35.2 Å². The van der Waals surface area contributed by atoms with Crippen LogP contribution < -0.4 is 15.4 Å². The van der Waals surface area contributed by atoms with Gasteiger partial charge in [-0.15, -0.1) is 5.10 Å². The number of methoxy groups -OCH3 is 1. The fourth-order valence-corrected chi connectivity index (χ4v) is 4.34. The lowest BCUT2D eigenvalue weighted by Crippen LogP contribution is -2.28. The molecule has 176 valence electrons. The largest absolute Gasteiger partial charge is 0.496 e. The summed E-state index contributed by atoms with van der Waals surface area (Å²) < 4.78 is 7.15. The highest BCUT2D eigenvalue weighted by molar-refractivity contribution is 6.30. The van der Waals surface area contributed by atoms with Gasteiger partial charge in [0.05, 0.1) is 19.2 Å². The van der Waals surface area contributed by atoms with E-state index >= 15 is 0 Å². The maximum absolute atomic E-state index is 12.6.